The monoisotopic (exact) mass is 319 g/mol. The molecule has 1 aliphatic rings. The van der Waals surface area contributed by atoms with Gasteiger partial charge in [-0.25, -0.2) is 0 Å². The molecule has 0 atom stereocenters. The van der Waals surface area contributed by atoms with E-state index >= 15 is 0 Å². The Balaban J connectivity index is 1.91. The van der Waals surface area contributed by atoms with E-state index in [1.54, 1.807) is 6.92 Å². The molecule has 0 aromatic carbocycles. The quantitative estimate of drug-likeness (QED) is 0.927. The molecule has 2 amide bonds. The minimum atomic E-state index is 0.0130. The van der Waals surface area contributed by atoms with Crippen LogP contribution in [-0.4, -0.2) is 40.9 Å². The second kappa shape index (κ2) is 7.20. The van der Waals surface area contributed by atoms with Gasteiger partial charge in [-0.2, -0.15) is 0 Å². The Morgan fingerprint density at radius 3 is 2.35 bits per heavy atom. The number of aryl methyl sites for hydroxylation is 1. The molecule has 2 heterocycles. The first kappa shape index (κ1) is 17.6. The molecule has 1 aliphatic heterocycles. The molecule has 23 heavy (non-hydrogen) atoms. The minimum Gasteiger partial charge on any atom is -0.352 e. The summed E-state index contributed by atoms with van der Waals surface area (Å²) in [5.41, 5.74) is 2.93. The van der Waals surface area contributed by atoms with E-state index in [9.17, 15) is 9.59 Å². The summed E-state index contributed by atoms with van der Waals surface area (Å²) >= 11 is 0. The highest BCUT2D eigenvalue weighted by Gasteiger charge is 2.22. The van der Waals surface area contributed by atoms with Crippen LogP contribution in [0.25, 0.3) is 0 Å². The number of amides is 2. The number of carbonyl (C=O) groups excluding carboxylic acids is 2. The van der Waals surface area contributed by atoms with Crippen molar-refractivity contribution in [1.82, 2.24) is 14.8 Å². The normalized spacial score (nSPS) is 16.0. The van der Waals surface area contributed by atoms with Crippen molar-refractivity contribution in [3.8, 4) is 0 Å². The van der Waals surface area contributed by atoms with E-state index in [0.717, 1.165) is 42.9 Å². The maximum Gasteiger partial charge on any atom is 0.253 e. The minimum absolute atomic E-state index is 0.0130. The number of hydrogen-bond acceptors (Lipinski definition) is 2. The van der Waals surface area contributed by atoms with Crippen LogP contribution in [0.4, 0.5) is 0 Å². The van der Waals surface area contributed by atoms with Gasteiger partial charge in [0.2, 0.25) is 5.91 Å². The fourth-order valence-electron chi connectivity index (χ4n) is 3.59. The summed E-state index contributed by atoms with van der Waals surface area (Å²) in [6, 6.07) is 2.33. The summed E-state index contributed by atoms with van der Waals surface area (Å²) in [4.78, 5) is 25.7. The van der Waals surface area contributed by atoms with Gasteiger partial charge in [0.25, 0.3) is 5.91 Å². The van der Waals surface area contributed by atoms with Crippen molar-refractivity contribution in [2.75, 3.05) is 19.6 Å². The smallest absolute Gasteiger partial charge is 0.253 e. The molecule has 1 N–H and O–H groups in total. The van der Waals surface area contributed by atoms with E-state index in [-0.39, 0.29) is 11.8 Å². The van der Waals surface area contributed by atoms with E-state index in [4.69, 9.17) is 0 Å². The Bertz CT molecular complexity index is 581. The molecule has 0 spiro atoms. The molecule has 2 rings (SSSR count). The zero-order valence-electron chi connectivity index (χ0n) is 15.0. The summed E-state index contributed by atoms with van der Waals surface area (Å²) in [6.07, 6.45) is 1.93. The molecule has 0 radical (unpaired) electrons. The largest absolute Gasteiger partial charge is 0.352 e. The molecule has 5 heteroatoms. The number of piperidine rings is 1. The highest BCUT2D eigenvalue weighted by molar-refractivity contribution is 5.95. The zero-order chi connectivity index (χ0) is 17.1. The number of carbonyl (C=O) groups is 2. The predicted molar refractivity (Wildman–Crippen MR) is 91.6 cm³/mol. The molecule has 1 saturated heterocycles. The first-order chi connectivity index (χ1) is 10.8. The van der Waals surface area contributed by atoms with Crippen molar-refractivity contribution in [2.45, 2.75) is 53.5 Å². The zero-order valence-corrected chi connectivity index (χ0v) is 15.0. The van der Waals surface area contributed by atoms with Crippen LogP contribution in [0.5, 0.6) is 0 Å². The van der Waals surface area contributed by atoms with Gasteiger partial charge in [0.05, 0.1) is 5.56 Å². The third-order valence-electron chi connectivity index (χ3n) is 4.86. The second-order valence-corrected chi connectivity index (χ2v) is 6.91. The average Bonchev–Trinajstić information content (AvgIpc) is 2.80. The molecule has 128 valence electrons. The first-order valence-corrected chi connectivity index (χ1v) is 8.53. The summed E-state index contributed by atoms with van der Waals surface area (Å²) in [5, 5.41) is 3.08. The van der Waals surface area contributed by atoms with Gasteiger partial charge in [-0.1, -0.05) is 0 Å². The molecule has 5 nitrogen and oxygen atoms in total. The van der Waals surface area contributed by atoms with Gasteiger partial charge in [-0.15, -0.1) is 0 Å². The Hall–Kier alpha value is -1.78. The van der Waals surface area contributed by atoms with Gasteiger partial charge in [0, 0.05) is 44.0 Å². The molecule has 1 fully saturated rings. The van der Waals surface area contributed by atoms with E-state index in [1.165, 1.54) is 0 Å². The Kier molecular flexibility index (Phi) is 5.50. The molecule has 0 saturated carbocycles. The summed E-state index contributed by atoms with van der Waals surface area (Å²) in [7, 11) is 0. The van der Waals surface area contributed by atoms with Gasteiger partial charge >= 0.3 is 0 Å². The fourth-order valence-corrected chi connectivity index (χ4v) is 3.59. The molecule has 0 aliphatic carbocycles. The van der Waals surface area contributed by atoms with Crippen molar-refractivity contribution in [3.63, 3.8) is 0 Å². The van der Waals surface area contributed by atoms with Crippen LogP contribution in [0.15, 0.2) is 6.07 Å². The summed E-state index contributed by atoms with van der Waals surface area (Å²) in [6.45, 7) is 12.2. The van der Waals surface area contributed by atoms with Crippen LogP contribution in [0.1, 0.15) is 61.4 Å². The maximum absolute atomic E-state index is 12.5. The molecular weight excluding hydrogens is 290 g/mol. The van der Waals surface area contributed by atoms with Crippen molar-refractivity contribution in [3.05, 3.63) is 23.0 Å². The van der Waals surface area contributed by atoms with Crippen LogP contribution in [0, 0.1) is 19.8 Å². The second-order valence-electron chi connectivity index (χ2n) is 6.91. The van der Waals surface area contributed by atoms with E-state index < -0.39 is 0 Å². The number of hydrogen-bond donors (Lipinski definition) is 1. The number of rotatable bonds is 4. The van der Waals surface area contributed by atoms with Crippen molar-refractivity contribution in [1.29, 1.82) is 0 Å². The molecule has 1 aromatic heterocycles. The number of nitrogens with one attached hydrogen (secondary N) is 1. The Labute approximate surface area is 139 Å². The number of nitrogens with zero attached hydrogens (tertiary/aromatic N) is 2. The van der Waals surface area contributed by atoms with Gasteiger partial charge in [0.15, 0.2) is 0 Å². The standard InChI is InChI=1S/C18H29N3O2/c1-12(2)21-13(3)10-17(14(21)4)18(23)19-11-16-6-8-20(9-7-16)15(5)22/h10,12,16H,6-9,11H2,1-5H3,(H,19,23). The van der Waals surface area contributed by atoms with E-state index in [2.05, 4.69) is 23.7 Å². The summed E-state index contributed by atoms with van der Waals surface area (Å²) in [5.74, 6) is 0.621. The highest BCUT2D eigenvalue weighted by Crippen LogP contribution is 2.21. The predicted octanol–water partition coefficient (Wildman–Crippen LogP) is 2.67. The Morgan fingerprint density at radius 1 is 1.26 bits per heavy atom. The average molecular weight is 319 g/mol. The van der Waals surface area contributed by atoms with Crippen LogP contribution in [0.3, 0.4) is 0 Å². The maximum atomic E-state index is 12.5. The van der Waals surface area contributed by atoms with Crippen molar-refractivity contribution < 1.29 is 9.59 Å². The van der Waals surface area contributed by atoms with E-state index in [1.807, 2.05) is 24.8 Å². The van der Waals surface area contributed by atoms with Gasteiger partial charge in [-0.05, 0) is 52.5 Å². The number of likely N-dealkylation sites (tertiary alicyclic amines) is 1. The third kappa shape index (κ3) is 3.95. The van der Waals surface area contributed by atoms with Crippen LogP contribution in [0.2, 0.25) is 0 Å². The molecule has 0 unspecified atom stereocenters. The van der Waals surface area contributed by atoms with Gasteiger partial charge < -0.3 is 14.8 Å². The van der Waals surface area contributed by atoms with Crippen LogP contribution in [-0.2, 0) is 4.79 Å². The van der Waals surface area contributed by atoms with Crippen LogP contribution >= 0.6 is 0 Å². The van der Waals surface area contributed by atoms with Crippen molar-refractivity contribution >= 4 is 11.8 Å². The van der Waals surface area contributed by atoms with Gasteiger partial charge in [-0.3, -0.25) is 9.59 Å². The molecule has 1 aromatic rings. The lowest BCUT2D eigenvalue weighted by Gasteiger charge is -2.31. The first-order valence-electron chi connectivity index (χ1n) is 8.53. The lowest BCUT2D eigenvalue weighted by atomic mass is 9.96. The third-order valence-corrected chi connectivity index (χ3v) is 4.86. The topological polar surface area (TPSA) is 54.3 Å². The number of aromatic nitrogens is 1. The molecule has 0 bridgehead atoms. The molecular formula is C18H29N3O2. The summed E-state index contributed by atoms with van der Waals surface area (Å²) < 4.78 is 2.19. The van der Waals surface area contributed by atoms with Gasteiger partial charge in [0.1, 0.15) is 0 Å². The van der Waals surface area contributed by atoms with E-state index in [0.29, 0.717) is 18.5 Å². The lowest BCUT2D eigenvalue weighted by Crippen LogP contribution is -2.40. The lowest BCUT2D eigenvalue weighted by molar-refractivity contribution is -0.130. The van der Waals surface area contributed by atoms with Crippen LogP contribution < -0.4 is 5.32 Å². The highest BCUT2D eigenvalue weighted by atomic mass is 16.2. The SMILES string of the molecule is CC(=O)N1CCC(CNC(=O)c2cc(C)n(C(C)C)c2C)CC1. The Morgan fingerprint density at radius 2 is 1.87 bits per heavy atom. The fraction of sp³-hybridized carbons (Fsp3) is 0.667. The van der Waals surface area contributed by atoms with Crippen molar-refractivity contribution in [2.24, 2.45) is 5.92 Å².